The van der Waals surface area contributed by atoms with E-state index < -0.39 is 0 Å². The molecule has 1 atom stereocenters. The van der Waals surface area contributed by atoms with Gasteiger partial charge in [-0.25, -0.2) is 4.98 Å². The number of likely N-dealkylation sites (tertiary alicyclic amines) is 1. The van der Waals surface area contributed by atoms with Crippen molar-refractivity contribution in [1.29, 1.82) is 0 Å². The predicted octanol–water partition coefficient (Wildman–Crippen LogP) is 2.80. The van der Waals surface area contributed by atoms with Gasteiger partial charge in [-0.3, -0.25) is 4.79 Å². The molecule has 130 valence electrons. The zero-order chi connectivity index (χ0) is 17.2. The third-order valence-corrected chi connectivity index (χ3v) is 4.90. The van der Waals surface area contributed by atoms with E-state index in [1.165, 1.54) is 0 Å². The van der Waals surface area contributed by atoms with Crippen LogP contribution in [0.3, 0.4) is 0 Å². The number of fused-ring (bicyclic) bond motifs is 1. The van der Waals surface area contributed by atoms with Gasteiger partial charge in [0.15, 0.2) is 11.5 Å². The van der Waals surface area contributed by atoms with Gasteiger partial charge in [-0.15, -0.1) is 0 Å². The molecule has 1 aromatic heterocycles. The molecule has 1 amide bonds. The Hall–Kier alpha value is -2.28. The summed E-state index contributed by atoms with van der Waals surface area (Å²) in [5.74, 6) is 2.09. The molecule has 1 unspecified atom stereocenters. The molecule has 25 heavy (non-hydrogen) atoms. The lowest BCUT2D eigenvalue weighted by Gasteiger charge is -2.17. The van der Waals surface area contributed by atoms with Crippen LogP contribution in [0.4, 0.5) is 0 Å². The molecule has 0 radical (unpaired) electrons. The Labute approximate surface area is 153 Å². The number of halogens is 1. The minimum atomic E-state index is -0.0353. The smallest absolute Gasteiger partial charge is 0.231 e. The molecule has 4 rings (SSSR count). The van der Waals surface area contributed by atoms with E-state index in [1.54, 1.807) is 6.20 Å². The van der Waals surface area contributed by atoms with Gasteiger partial charge >= 0.3 is 0 Å². The van der Waals surface area contributed by atoms with Crippen LogP contribution in [0.25, 0.3) is 0 Å². The van der Waals surface area contributed by atoms with E-state index in [-0.39, 0.29) is 18.8 Å². The first-order chi connectivity index (χ1) is 12.2. The molecule has 2 aliphatic rings. The summed E-state index contributed by atoms with van der Waals surface area (Å²) < 4.78 is 17.4. The topological polar surface area (TPSA) is 60.9 Å². The lowest BCUT2D eigenvalue weighted by Crippen LogP contribution is -2.32. The van der Waals surface area contributed by atoms with Crippen LogP contribution in [0.1, 0.15) is 12.0 Å². The Morgan fingerprint density at radius 2 is 2.20 bits per heavy atom. The first-order valence-electron chi connectivity index (χ1n) is 8.12. The Morgan fingerprint density at radius 1 is 1.32 bits per heavy atom. The summed E-state index contributed by atoms with van der Waals surface area (Å²) in [4.78, 5) is 18.6. The quantitative estimate of drug-likeness (QED) is 0.783. The fraction of sp³-hybridized carbons (Fsp3) is 0.333. The third-order valence-electron chi connectivity index (χ3n) is 4.29. The zero-order valence-electron chi connectivity index (χ0n) is 13.5. The van der Waals surface area contributed by atoms with Crippen molar-refractivity contribution < 1.29 is 19.0 Å². The summed E-state index contributed by atoms with van der Waals surface area (Å²) in [7, 11) is 0. The third kappa shape index (κ3) is 3.56. The highest BCUT2D eigenvalue weighted by molar-refractivity contribution is 9.10. The number of amides is 1. The number of benzene rings is 1. The van der Waals surface area contributed by atoms with Crippen LogP contribution < -0.4 is 14.2 Å². The Balaban J connectivity index is 1.35. The van der Waals surface area contributed by atoms with Crippen molar-refractivity contribution in [3.05, 3.63) is 46.6 Å². The first kappa shape index (κ1) is 16.2. The second-order valence-electron chi connectivity index (χ2n) is 6.02. The molecule has 2 aromatic rings. The number of hydrogen-bond donors (Lipinski definition) is 0. The number of rotatable bonds is 4. The van der Waals surface area contributed by atoms with Crippen molar-refractivity contribution in [1.82, 2.24) is 9.88 Å². The van der Waals surface area contributed by atoms with Gasteiger partial charge in [-0.05, 0) is 45.8 Å². The summed E-state index contributed by atoms with van der Waals surface area (Å²) >= 11 is 3.43. The number of aromatic nitrogens is 1. The molecule has 0 bridgehead atoms. The van der Waals surface area contributed by atoms with Crippen molar-refractivity contribution in [3.8, 4) is 17.4 Å². The van der Waals surface area contributed by atoms with Gasteiger partial charge in [-0.1, -0.05) is 6.07 Å². The monoisotopic (exact) mass is 404 g/mol. The van der Waals surface area contributed by atoms with Crippen LogP contribution in [0.15, 0.2) is 41.0 Å². The molecule has 1 fully saturated rings. The van der Waals surface area contributed by atoms with E-state index in [9.17, 15) is 4.79 Å². The van der Waals surface area contributed by atoms with Crippen molar-refractivity contribution in [3.63, 3.8) is 0 Å². The molecule has 0 saturated carbocycles. The number of hydrogen-bond acceptors (Lipinski definition) is 5. The lowest BCUT2D eigenvalue weighted by atomic mass is 10.1. The van der Waals surface area contributed by atoms with Gasteiger partial charge in [0.2, 0.25) is 18.6 Å². The molecule has 2 aliphatic heterocycles. The summed E-state index contributed by atoms with van der Waals surface area (Å²) in [5.41, 5.74) is 0.922. The molecule has 3 heterocycles. The molecule has 0 N–H and O–H groups in total. The molecular weight excluding hydrogens is 388 g/mol. The Bertz CT molecular complexity index is 798. The minimum Gasteiger partial charge on any atom is -0.472 e. The van der Waals surface area contributed by atoms with Crippen LogP contribution in [-0.4, -0.2) is 41.8 Å². The average Bonchev–Trinajstić information content (AvgIpc) is 3.25. The van der Waals surface area contributed by atoms with Gasteiger partial charge in [0.05, 0.1) is 17.4 Å². The summed E-state index contributed by atoms with van der Waals surface area (Å²) in [6.45, 7) is 1.51. The van der Waals surface area contributed by atoms with E-state index in [0.29, 0.717) is 31.1 Å². The van der Waals surface area contributed by atoms with Crippen LogP contribution in [0.2, 0.25) is 0 Å². The van der Waals surface area contributed by atoms with E-state index >= 15 is 0 Å². The maximum Gasteiger partial charge on any atom is 0.231 e. The number of carbonyl (C=O) groups excluding carboxylic acids is 1. The molecule has 0 aliphatic carbocycles. The average molecular weight is 405 g/mol. The maximum absolute atomic E-state index is 12.6. The molecule has 6 nitrogen and oxygen atoms in total. The van der Waals surface area contributed by atoms with E-state index in [2.05, 4.69) is 20.9 Å². The fourth-order valence-electron chi connectivity index (χ4n) is 3.00. The lowest BCUT2D eigenvalue weighted by molar-refractivity contribution is -0.129. The summed E-state index contributed by atoms with van der Waals surface area (Å²) in [6.07, 6.45) is 2.80. The molecular formula is C18H17BrN2O4. The highest BCUT2D eigenvalue weighted by Gasteiger charge is 2.28. The fourth-order valence-corrected chi connectivity index (χ4v) is 3.35. The molecule has 0 spiro atoms. The molecule has 1 saturated heterocycles. The second kappa shape index (κ2) is 6.92. The first-order valence-corrected chi connectivity index (χ1v) is 8.92. The van der Waals surface area contributed by atoms with Crippen molar-refractivity contribution >= 4 is 21.8 Å². The summed E-state index contributed by atoms with van der Waals surface area (Å²) in [5, 5.41) is 0. The van der Waals surface area contributed by atoms with E-state index in [1.807, 2.05) is 35.2 Å². The zero-order valence-corrected chi connectivity index (χ0v) is 15.1. The van der Waals surface area contributed by atoms with Crippen molar-refractivity contribution in [2.45, 2.75) is 18.9 Å². The van der Waals surface area contributed by atoms with Crippen LogP contribution in [-0.2, 0) is 11.2 Å². The normalized spacial score (nSPS) is 18.4. The van der Waals surface area contributed by atoms with Crippen molar-refractivity contribution in [2.75, 3.05) is 19.9 Å². The van der Waals surface area contributed by atoms with Crippen LogP contribution >= 0.6 is 15.9 Å². The van der Waals surface area contributed by atoms with E-state index in [0.717, 1.165) is 22.2 Å². The molecule has 1 aromatic carbocycles. The standard InChI is InChI=1S/C18H17BrN2O4/c19-14-2-1-6-20-18(14)25-13-5-7-21(10-13)17(22)9-12-3-4-15-16(8-12)24-11-23-15/h1-4,6,8,13H,5,7,9-11H2. The van der Waals surface area contributed by atoms with Crippen LogP contribution in [0.5, 0.6) is 17.4 Å². The van der Waals surface area contributed by atoms with Gasteiger partial charge in [0.1, 0.15) is 6.10 Å². The number of ether oxygens (including phenoxy) is 3. The second-order valence-corrected chi connectivity index (χ2v) is 6.88. The summed E-state index contributed by atoms with van der Waals surface area (Å²) in [6, 6.07) is 9.35. The minimum absolute atomic E-state index is 0.0353. The Morgan fingerprint density at radius 3 is 3.08 bits per heavy atom. The predicted molar refractivity (Wildman–Crippen MR) is 93.8 cm³/mol. The molecule has 7 heteroatoms. The number of carbonyl (C=O) groups is 1. The number of nitrogens with zero attached hydrogens (tertiary/aromatic N) is 2. The largest absolute Gasteiger partial charge is 0.472 e. The van der Waals surface area contributed by atoms with Crippen LogP contribution in [0, 0.1) is 0 Å². The van der Waals surface area contributed by atoms with Gasteiger partial charge in [-0.2, -0.15) is 0 Å². The van der Waals surface area contributed by atoms with Gasteiger partial charge < -0.3 is 19.1 Å². The highest BCUT2D eigenvalue weighted by atomic mass is 79.9. The Kier molecular flexibility index (Phi) is 4.48. The van der Waals surface area contributed by atoms with Gasteiger partial charge in [0, 0.05) is 19.2 Å². The SMILES string of the molecule is O=C(Cc1ccc2c(c1)OCO2)N1CCC(Oc2ncccc2Br)C1. The van der Waals surface area contributed by atoms with Gasteiger partial charge in [0.25, 0.3) is 0 Å². The maximum atomic E-state index is 12.6. The highest BCUT2D eigenvalue weighted by Crippen LogP contribution is 2.33. The van der Waals surface area contributed by atoms with Crippen molar-refractivity contribution in [2.24, 2.45) is 0 Å². The number of pyridine rings is 1. The van der Waals surface area contributed by atoms with E-state index in [4.69, 9.17) is 14.2 Å².